The average molecular weight is 1350 g/mol. The number of carbonyl (C=O) groups excluding carboxylic acids is 2. The normalized spacial score (nSPS) is 21.9. The first-order chi connectivity index (χ1) is 49.4. The van der Waals surface area contributed by atoms with Crippen molar-refractivity contribution in [1.82, 2.24) is 10.2 Å². The molecule has 15 nitrogen and oxygen atoms in total. The standard InChI is InChI=1S/C85H92N2O13/c1-90-72-49-47-62(48-50-72)51-87(85(89)83-82(98-59-70-43-25-9-26-44-70)80(96-57-68-39-21-7-22-40-68)77(94-55-66-35-17-5-18-36-66)74(100-83)61-92-53-64-31-13-3-14-32-64)75(84(88)86-71-45-27-10-28-46-71)78-81(97-58-69-41-23-8-24-42-69)79(95-56-67-37-19-6-20-38-67)76(93-54-65-33-15-4-16-34-65)73(99-78)60-91-52-63-29-11-2-12-30-63/h2-9,11-26,29-44,47-50,71,73-83H,10,27-28,45-46,51-61H2,1H3,(H,86,88)/t73-,74-,75?,76-,77-,78+,79+,80+,81+,82-,83-/m1/s1. The van der Waals surface area contributed by atoms with E-state index >= 15 is 9.59 Å². The molecule has 1 saturated carbocycles. The summed E-state index contributed by atoms with van der Waals surface area (Å²) in [6, 6.07) is 85.2. The van der Waals surface area contributed by atoms with Gasteiger partial charge in [0.1, 0.15) is 66.7 Å². The van der Waals surface area contributed by atoms with Crippen LogP contribution in [0.15, 0.2) is 267 Å². The molecule has 3 fully saturated rings. The van der Waals surface area contributed by atoms with Crippen LogP contribution < -0.4 is 10.1 Å². The molecule has 0 aromatic heterocycles. The van der Waals surface area contributed by atoms with Crippen molar-refractivity contribution in [3.05, 3.63) is 317 Å². The van der Waals surface area contributed by atoms with Gasteiger partial charge in [-0.15, -0.1) is 0 Å². The Morgan fingerprint density at radius 1 is 0.380 bits per heavy atom. The van der Waals surface area contributed by atoms with E-state index in [9.17, 15) is 0 Å². The Morgan fingerprint density at radius 2 is 0.710 bits per heavy atom. The van der Waals surface area contributed by atoms with Crippen LogP contribution in [0.4, 0.5) is 0 Å². The predicted molar refractivity (Wildman–Crippen MR) is 382 cm³/mol. The Bertz CT molecular complexity index is 3790. The zero-order valence-corrected chi connectivity index (χ0v) is 56.9. The number of nitrogens with zero attached hydrogens (tertiary/aromatic N) is 1. The number of carbonyl (C=O) groups is 2. The largest absolute Gasteiger partial charge is 0.497 e. The lowest BCUT2D eigenvalue weighted by Crippen LogP contribution is -2.71. The van der Waals surface area contributed by atoms with Crippen molar-refractivity contribution in [2.45, 2.75) is 165 Å². The second-order valence-electron chi connectivity index (χ2n) is 25.9. The molecule has 3 aliphatic rings. The molecule has 0 bridgehead atoms. The topological polar surface area (TPSA) is 151 Å². The van der Waals surface area contributed by atoms with Crippen molar-refractivity contribution >= 4 is 11.8 Å². The SMILES string of the molecule is COc1ccc(CN(C(=O)[C@@H]2O[C@H](COCc3ccccc3)[C@@H](OCc3ccccc3)[C@H](OCc3ccccc3)[C@H]2OCc2ccccc2)C(C(=O)NC2CCCCC2)[C@@H]2O[C@H](COCc3ccccc3)[C@@H](OCc3ccccc3)[C@H](OCc3ccccc3)[C@H]2OCc2ccccc2)cc1. The Morgan fingerprint density at radius 3 is 1.09 bits per heavy atom. The van der Waals surface area contributed by atoms with Gasteiger partial charge in [0.25, 0.3) is 5.91 Å². The van der Waals surface area contributed by atoms with Crippen molar-refractivity contribution in [1.29, 1.82) is 0 Å². The van der Waals surface area contributed by atoms with Crippen LogP contribution in [-0.2, 0) is 116 Å². The first kappa shape index (κ1) is 71.2. The molecule has 1 aliphatic carbocycles. The second-order valence-corrected chi connectivity index (χ2v) is 25.9. The van der Waals surface area contributed by atoms with Crippen LogP contribution in [-0.4, -0.2) is 110 Å². The molecule has 0 spiro atoms. The van der Waals surface area contributed by atoms with Crippen molar-refractivity contribution < 1.29 is 61.7 Å². The van der Waals surface area contributed by atoms with Crippen LogP contribution in [0.1, 0.15) is 82.2 Å². The third-order valence-corrected chi connectivity index (χ3v) is 18.7. The van der Waals surface area contributed by atoms with Gasteiger partial charge in [0.05, 0.1) is 73.2 Å². The van der Waals surface area contributed by atoms with E-state index in [1.54, 1.807) is 12.0 Å². The van der Waals surface area contributed by atoms with E-state index in [1.807, 2.05) is 267 Å². The number of hydrogen-bond donors (Lipinski definition) is 1. The molecule has 520 valence electrons. The molecular formula is C85H92N2O13. The van der Waals surface area contributed by atoms with Gasteiger partial charge in [-0.1, -0.05) is 274 Å². The molecule has 2 heterocycles. The fourth-order valence-electron chi connectivity index (χ4n) is 13.5. The van der Waals surface area contributed by atoms with E-state index in [1.165, 1.54) is 0 Å². The van der Waals surface area contributed by atoms with E-state index in [2.05, 4.69) is 5.32 Å². The molecule has 15 heteroatoms. The molecular weight excluding hydrogens is 1260 g/mol. The van der Waals surface area contributed by atoms with E-state index in [0.29, 0.717) is 11.3 Å². The molecule has 2 saturated heterocycles. The van der Waals surface area contributed by atoms with Gasteiger partial charge < -0.3 is 62.3 Å². The van der Waals surface area contributed by atoms with E-state index in [-0.39, 0.29) is 78.7 Å². The summed E-state index contributed by atoms with van der Waals surface area (Å²) in [5.41, 5.74) is 7.96. The van der Waals surface area contributed by atoms with Gasteiger partial charge in [0, 0.05) is 12.6 Å². The molecule has 1 N–H and O–H groups in total. The van der Waals surface area contributed by atoms with Gasteiger partial charge in [0.15, 0.2) is 6.10 Å². The monoisotopic (exact) mass is 1350 g/mol. The van der Waals surface area contributed by atoms with Crippen molar-refractivity contribution in [3.63, 3.8) is 0 Å². The number of ether oxygens (including phenoxy) is 11. The molecule has 9 aromatic carbocycles. The van der Waals surface area contributed by atoms with Gasteiger partial charge in [-0.2, -0.15) is 0 Å². The summed E-state index contributed by atoms with van der Waals surface area (Å²) in [6.45, 7) is 1.11. The molecule has 12 rings (SSSR count). The lowest BCUT2D eigenvalue weighted by atomic mass is 9.87. The summed E-state index contributed by atoms with van der Waals surface area (Å²) in [5.74, 6) is -0.408. The Balaban J connectivity index is 1.03. The highest BCUT2D eigenvalue weighted by atomic mass is 16.6. The van der Waals surface area contributed by atoms with Crippen LogP contribution in [0.3, 0.4) is 0 Å². The van der Waals surface area contributed by atoms with E-state index in [4.69, 9.17) is 52.1 Å². The summed E-state index contributed by atoms with van der Waals surface area (Å²) < 4.78 is 78.1. The minimum Gasteiger partial charge on any atom is -0.497 e. The fraction of sp³-hybridized carbons (Fsp3) is 0.341. The number of hydrogen-bond acceptors (Lipinski definition) is 13. The summed E-state index contributed by atoms with van der Waals surface area (Å²) in [5, 5.41) is 3.53. The van der Waals surface area contributed by atoms with Crippen LogP contribution >= 0.6 is 0 Å². The number of rotatable bonds is 34. The Labute approximate surface area is 588 Å². The predicted octanol–water partition coefficient (Wildman–Crippen LogP) is 14.3. The number of amides is 2. The lowest BCUT2D eigenvalue weighted by molar-refractivity contribution is -0.284. The highest BCUT2D eigenvalue weighted by Crippen LogP contribution is 2.38. The van der Waals surface area contributed by atoms with Gasteiger partial charge in [-0.3, -0.25) is 9.59 Å². The number of methoxy groups -OCH3 is 1. The minimum atomic E-state index is -1.49. The van der Waals surface area contributed by atoms with Crippen molar-refractivity contribution in [2.75, 3.05) is 20.3 Å². The van der Waals surface area contributed by atoms with Crippen LogP contribution in [0, 0.1) is 0 Å². The highest BCUT2D eigenvalue weighted by molar-refractivity contribution is 5.91. The molecule has 11 atom stereocenters. The first-order valence-electron chi connectivity index (χ1n) is 35.1. The van der Waals surface area contributed by atoms with Crippen LogP contribution in [0.2, 0.25) is 0 Å². The highest BCUT2D eigenvalue weighted by Gasteiger charge is 2.58. The third kappa shape index (κ3) is 20.3. The zero-order valence-electron chi connectivity index (χ0n) is 56.9. The maximum Gasteiger partial charge on any atom is 0.255 e. The van der Waals surface area contributed by atoms with Gasteiger partial charge in [-0.25, -0.2) is 0 Å². The smallest absolute Gasteiger partial charge is 0.255 e. The lowest BCUT2D eigenvalue weighted by Gasteiger charge is -2.51. The molecule has 2 aliphatic heterocycles. The van der Waals surface area contributed by atoms with E-state index in [0.717, 1.165) is 76.6 Å². The molecule has 0 radical (unpaired) electrons. The van der Waals surface area contributed by atoms with E-state index < -0.39 is 78.9 Å². The zero-order chi connectivity index (χ0) is 68.3. The van der Waals surface area contributed by atoms with Crippen LogP contribution in [0.5, 0.6) is 5.75 Å². The number of benzene rings is 9. The quantitative estimate of drug-likeness (QED) is 0.0408. The third-order valence-electron chi connectivity index (χ3n) is 18.7. The van der Waals surface area contributed by atoms with Gasteiger partial charge in [-0.05, 0) is 75.0 Å². The molecule has 1 unspecified atom stereocenters. The Kier molecular flexibility index (Phi) is 26.8. The minimum absolute atomic E-state index is 0.00143. The maximum atomic E-state index is 17.7. The summed E-state index contributed by atoms with van der Waals surface area (Å²) in [7, 11) is 1.61. The molecule has 100 heavy (non-hydrogen) atoms. The average Bonchev–Trinajstić information content (AvgIpc) is 0.757. The van der Waals surface area contributed by atoms with Gasteiger partial charge in [0.2, 0.25) is 5.91 Å². The second kappa shape index (κ2) is 37.7. The first-order valence-corrected chi connectivity index (χ1v) is 35.1. The van der Waals surface area contributed by atoms with Crippen molar-refractivity contribution in [3.8, 4) is 5.75 Å². The molecule has 2 amide bonds. The Hall–Kier alpha value is -8.68. The molecule has 9 aromatic rings. The van der Waals surface area contributed by atoms with Crippen LogP contribution in [0.25, 0.3) is 0 Å². The van der Waals surface area contributed by atoms with Crippen molar-refractivity contribution in [2.24, 2.45) is 0 Å². The maximum absolute atomic E-state index is 17.7. The summed E-state index contributed by atoms with van der Waals surface area (Å²) >= 11 is 0. The fourth-order valence-corrected chi connectivity index (χ4v) is 13.5. The number of nitrogens with one attached hydrogen (secondary N) is 1. The summed E-state index contributed by atoms with van der Waals surface area (Å²) in [6.07, 6.45) is -6.27. The van der Waals surface area contributed by atoms with Gasteiger partial charge >= 0.3 is 0 Å². The summed E-state index contributed by atoms with van der Waals surface area (Å²) in [4.78, 5) is 36.2.